The molecule has 1 aliphatic rings. The molecule has 162 valence electrons. The summed E-state index contributed by atoms with van der Waals surface area (Å²) in [7, 11) is 1.32. The molecular formula is C23H30N2O5. The molecule has 0 aliphatic heterocycles. The lowest BCUT2D eigenvalue weighted by Crippen LogP contribution is -2.37. The average molecular weight is 415 g/mol. The van der Waals surface area contributed by atoms with Crippen molar-refractivity contribution in [3.05, 3.63) is 42.0 Å². The number of hydrogen-bond acceptors (Lipinski definition) is 5. The number of carbonyl (C=O) groups is 2. The van der Waals surface area contributed by atoms with Gasteiger partial charge in [0.2, 0.25) is 0 Å². The maximum atomic E-state index is 12.7. The van der Waals surface area contributed by atoms with Gasteiger partial charge in [-0.2, -0.15) is 0 Å². The second-order valence-corrected chi connectivity index (χ2v) is 8.42. The van der Waals surface area contributed by atoms with Crippen molar-refractivity contribution in [2.75, 3.05) is 20.3 Å². The average Bonchev–Trinajstić information content (AvgIpc) is 3.52. The van der Waals surface area contributed by atoms with E-state index in [0.717, 1.165) is 34.9 Å². The number of methoxy groups -OCH3 is 1. The van der Waals surface area contributed by atoms with Crippen LogP contribution in [-0.4, -0.2) is 49.0 Å². The molecule has 30 heavy (non-hydrogen) atoms. The van der Waals surface area contributed by atoms with Gasteiger partial charge in [0.15, 0.2) is 0 Å². The van der Waals surface area contributed by atoms with E-state index in [1.165, 1.54) is 7.11 Å². The summed E-state index contributed by atoms with van der Waals surface area (Å²) in [6.07, 6.45) is 1.21. The minimum absolute atomic E-state index is 0.222. The fraction of sp³-hybridized carbons (Fsp3) is 0.478. The molecule has 0 heterocycles. The maximum Gasteiger partial charge on any atom is 0.410 e. The van der Waals surface area contributed by atoms with Crippen LogP contribution in [-0.2, 0) is 16.0 Å². The number of fused-ring (bicyclic) bond motifs is 1. The molecule has 2 aromatic rings. The molecule has 0 unspecified atom stereocenters. The second kappa shape index (κ2) is 9.24. The van der Waals surface area contributed by atoms with Crippen LogP contribution in [0.5, 0.6) is 5.75 Å². The minimum Gasteiger partial charge on any atom is -0.491 e. The van der Waals surface area contributed by atoms with E-state index in [0.29, 0.717) is 19.7 Å². The predicted octanol–water partition coefficient (Wildman–Crippen LogP) is 4.47. The first-order valence-electron chi connectivity index (χ1n) is 10.2. The second-order valence-electron chi connectivity index (χ2n) is 8.42. The third-order valence-electron chi connectivity index (χ3n) is 4.67. The van der Waals surface area contributed by atoms with Gasteiger partial charge in [0.1, 0.15) is 18.0 Å². The third kappa shape index (κ3) is 6.02. The quantitative estimate of drug-likeness (QED) is 0.676. The fourth-order valence-corrected chi connectivity index (χ4v) is 3.18. The Morgan fingerprint density at radius 1 is 1.17 bits per heavy atom. The summed E-state index contributed by atoms with van der Waals surface area (Å²) in [5.74, 6) is 0.717. The van der Waals surface area contributed by atoms with Crippen LogP contribution in [0.2, 0.25) is 0 Å². The number of amides is 2. The van der Waals surface area contributed by atoms with Gasteiger partial charge in [-0.15, -0.1) is 0 Å². The zero-order valence-corrected chi connectivity index (χ0v) is 18.1. The zero-order chi connectivity index (χ0) is 21.7. The van der Waals surface area contributed by atoms with E-state index in [2.05, 4.69) is 16.1 Å². The molecule has 2 aromatic carbocycles. The van der Waals surface area contributed by atoms with Gasteiger partial charge in [-0.25, -0.2) is 9.59 Å². The molecule has 1 N–H and O–H groups in total. The van der Waals surface area contributed by atoms with Crippen molar-refractivity contribution in [3.8, 4) is 5.75 Å². The van der Waals surface area contributed by atoms with Gasteiger partial charge >= 0.3 is 12.2 Å². The van der Waals surface area contributed by atoms with E-state index in [1.807, 2.05) is 51.1 Å². The van der Waals surface area contributed by atoms with E-state index in [4.69, 9.17) is 9.47 Å². The summed E-state index contributed by atoms with van der Waals surface area (Å²) in [6, 6.07) is 12.2. The van der Waals surface area contributed by atoms with Crippen LogP contribution in [0.3, 0.4) is 0 Å². The highest BCUT2D eigenvalue weighted by Crippen LogP contribution is 2.33. The standard InChI is InChI=1S/C23H30N2O5/c1-23(2,3)30-22(27)25(18-9-10-18)15-16-13-17-7-5-6-8-19(17)20(14-16)29-12-11-24-21(26)28-4/h5-8,13-14,18H,9-12,15H2,1-4H3,(H,24,26). The Kier molecular flexibility index (Phi) is 6.70. The topological polar surface area (TPSA) is 77.1 Å². The number of hydrogen-bond donors (Lipinski definition) is 1. The normalized spacial score (nSPS) is 13.6. The molecule has 3 rings (SSSR count). The summed E-state index contributed by atoms with van der Waals surface area (Å²) >= 11 is 0. The molecule has 1 saturated carbocycles. The van der Waals surface area contributed by atoms with Crippen LogP contribution in [0.1, 0.15) is 39.2 Å². The molecule has 0 saturated heterocycles. The van der Waals surface area contributed by atoms with E-state index < -0.39 is 11.7 Å². The number of ether oxygens (including phenoxy) is 3. The van der Waals surface area contributed by atoms with E-state index in [9.17, 15) is 9.59 Å². The molecule has 0 spiro atoms. The van der Waals surface area contributed by atoms with Gasteiger partial charge in [-0.05, 0) is 56.7 Å². The molecule has 0 aromatic heterocycles. The molecule has 0 radical (unpaired) electrons. The van der Waals surface area contributed by atoms with Crippen molar-refractivity contribution in [3.63, 3.8) is 0 Å². The Bertz CT molecular complexity index is 902. The molecule has 1 fully saturated rings. The molecular weight excluding hydrogens is 384 g/mol. The number of alkyl carbamates (subject to hydrolysis) is 1. The van der Waals surface area contributed by atoms with Crippen LogP contribution in [0.25, 0.3) is 10.8 Å². The highest BCUT2D eigenvalue weighted by molar-refractivity contribution is 5.89. The Morgan fingerprint density at radius 2 is 1.90 bits per heavy atom. The smallest absolute Gasteiger partial charge is 0.410 e. The zero-order valence-electron chi connectivity index (χ0n) is 18.1. The Labute approximate surface area is 177 Å². The molecule has 2 amide bonds. The maximum absolute atomic E-state index is 12.7. The van der Waals surface area contributed by atoms with Gasteiger partial charge < -0.3 is 24.4 Å². The van der Waals surface area contributed by atoms with E-state index >= 15 is 0 Å². The minimum atomic E-state index is -0.533. The molecule has 0 bridgehead atoms. The Balaban J connectivity index is 1.77. The summed E-state index contributed by atoms with van der Waals surface area (Å²) in [4.78, 5) is 25.7. The van der Waals surface area contributed by atoms with Crippen LogP contribution < -0.4 is 10.1 Å². The highest BCUT2D eigenvalue weighted by Gasteiger charge is 2.35. The lowest BCUT2D eigenvalue weighted by atomic mass is 10.1. The number of nitrogens with zero attached hydrogens (tertiary/aromatic N) is 1. The highest BCUT2D eigenvalue weighted by atomic mass is 16.6. The van der Waals surface area contributed by atoms with Crippen molar-refractivity contribution in [1.29, 1.82) is 0 Å². The Hall–Kier alpha value is -2.96. The van der Waals surface area contributed by atoms with Gasteiger partial charge in [0.05, 0.1) is 13.7 Å². The molecule has 0 atom stereocenters. The number of nitrogens with one attached hydrogen (secondary N) is 1. The molecule has 1 aliphatic carbocycles. The molecule has 7 nitrogen and oxygen atoms in total. The third-order valence-corrected chi connectivity index (χ3v) is 4.67. The largest absolute Gasteiger partial charge is 0.491 e. The van der Waals surface area contributed by atoms with E-state index in [-0.39, 0.29) is 12.1 Å². The lowest BCUT2D eigenvalue weighted by molar-refractivity contribution is 0.0216. The number of rotatable bonds is 7. The summed E-state index contributed by atoms with van der Waals surface area (Å²) in [5.41, 5.74) is 0.441. The first-order chi connectivity index (χ1) is 14.3. The van der Waals surface area contributed by atoms with Crippen molar-refractivity contribution < 1.29 is 23.8 Å². The van der Waals surface area contributed by atoms with Gasteiger partial charge in [0, 0.05) is 18.0 Å². The van der Waals surface area contributed by atoms with E-state index in [1.54, 1.807) is 4.90 Å². The van der Waals surface area contributed by atoms with Crippen LogP contribution in [0.15, 0.2) is 36.4 Å². The fourth-order valence-electron chi connectivity index (χ4n) is 3.18. The van der Waals surface area contributed by atoms with Gasteiger partial charge in [-0.1, -0.05) is 24.3 Å². The number of benzene rings is 2. The predicted molar refractivity (Wildman–Crippen MR) is 115 cm³/mol. The molecule has 7 heteroatoms. The SMILES string of the molecule is COC(=O)NCCOc1cc(CN(C(=O)OC(C)(C)C)C2CC2)cc2ccccc12. The van der Waals surface area contributed by atoms with Crippen molar-refractivity contribution >= 4 is 23.0 Å². The monoisotopic (exact) mass is 414 g/mol. The van der Waals surface area contributed by atoms with Crippen LogP contribution in [0, 0.1) is 0 Å². The number of carbonyl (C=O) groups excluding carboxylic acids is 2. The van der Waals surface area contributed by atoms with Gasteiger partial charge in [-0.3, -0.25) is 0 Å². The Morgan fingerprint density at radius 3 is 2.57 bits per heavy atom. The van der Waals surface area contributed by atoms with Crippen molar-refractivity contribution in [2.24, 2.45) is 0 Å². The van der Waals surface area contributed by atoms with Gasteiger partial charge in [0.25, 0.3) is 0 Å². The van der Waals surface area contributed by atoms with Crippen molar-refractivity contribution in [1.82, 2.24) is 10.2 Å². The summed E-state index contributed by atoms with van der Waals surface area (Å²) in [6.45, 7) is 6.72. The van der Waals surface area contributed by atoms with Crippen LogP contribution in [0.4, 0.5) is 9.59 Å². The van der Waals surface area contributed by atoms with Crippen LogP contribution >= 0.6 is 0 Å². The van der Waals surface area contributed by atoms with Crippen molar-refractivity contribution in [2.45, 2.75) is 51.8 Å². The lowest BCUT2D eigenvalue weighted by Gasteiger charge is -2.27. The summed E-state index contributed by atoms with van der Waals surface area (Å²) < 4.78 is 16.1. The summed E-state index contributed by atoms with van der Waals surface area (Å²) in [5, 5.41) is 4.62. The first-order valence-corrected chi connectivity index (χ1v) is 10.2. The first kappa shape index (κ1) is 21.7.